The maximum Gasteiger partial charge on any atom is 0.332 e. The minimum absolute atomic E-state index is 0.0150. The van der Waals surface area contributed by atoms with Gasteiger partial charge >= 0.3 is 5.69 Å². The summed E-state index contributed by atoms with van der Waals surface area (Å²) in [5.74, 6) is 0. The van der Waals surface area contributed by atoms with Gasteiger partial charge in [0.05, 0.1) is 30.9 Å². The molecule has 0 unspecified atom stereocenters. The number of nitrogens with one attached hydrogen (secondary N) is 1. The number of aryl methyl sites for hydroxylation is 2. The van der Waals surface area contributed by atoms with Crippen molar-refractivity contribution in [1.82, 2.24) is 33.4 Å². The van der Waals surface area contributed by atoms with Crippen molar-refractivity contribution in [2.45, 2.75) is 42.6 Å². The Kier molecular flexibility index (Phi) is 4.95. The molecule has 174 valence electrons. The van der Waals surface area contributed by atoms with Gasteiger partial charge < -0.3 is 0 Å². The van der Waals surface area contributed by atoms with Crippen molar-refractivity contribution in [3.63, 3.8) is 0 Å². The fourth-order valence-corrected chi connectivity index (χ4v) is 6.63. The van der Waals surface area contributed by atoms with Gasteiger partial charge in [0.25, 0.3) is 15.6 Å². The molecule has 0 amide bonds. The SMILES string of the molecule is Cn1cc(Cn2c(=O)c3cc(S(=O)(=O)NC4(C)CC4)sc3n(Cc3cnn(C)c3)c2=O)cn1. The zero-order valence-corrected chi connectivity index (χ0v) is 20.0. The molecule has 0 spiro atoms. The van der Waals surface area contributed by atoms with E-state index in [4.69, 9.17) is 0 Å². The van der Waals surface area contributed by atoms with Crippen LogP contribution < -0.4 is 16.0 Å². The van der Waals surface area contributed by atoms with Gasteiger partial charge in [-0.3, -0.25) is 23.3 Å². The van der Waals surface area contributed by atoms with E-state index in [1.165, 1.54) is 10.6 Å². The summed E-state index contributed by atoms with van der Waals surface area (Å²) in [5.41, 5.74) is -0.0562. The molecule has 4 aromatic heterocycles. The Labute approximate surface area is 192 Å². The van der Waals surface area contributed by atoms with E-state index in [9.17, 15) is 18.0 Å². The van der Waals surface area contributed by atoms with Crippen LogP contribution in [-0.2, 0) is 37.2 Å². The second-order valence-electron chi connectivity index (χ2n) is 8.75. The van der Waals surface area contributed by atoms with Crippen LogP contribution in [0.5, 0.6) is 0 Å². The summed E-state index contributed by atoms with van der Waals surface area (Å²) in [4.78, 5) is 27.1. The molecule has 0 bridgehead atoms. The maximum atomic E-state index is 13.4. The van der Waals surface area contributed by atoms with Gasteiger partial charge in [-0.05, 0) is 25.8 Å². The summed E-state index contributed by atoms with van der Waals surface area (Å²) in [5, 5.41) is 8.43. The first-order chi connectivity index (χ1) is 15.5. The quantitative estimate of drug-likeness (QED) is 0.406. The van der Waals surface area contributed by atoms with Gasteiger partial charge in [-0.2, -0.15) is 10.2 Å². The zero-order chi connectivity index (χ0) is 23.5. The van der Waals surface area contributed by atoms with Gasteiger partial charge in [0.1, 0.15) is 9.04 Å². The Morgan fingerprint density at radius 2 is 1.61 bits per heavy atom. The molecule has 5 rings (SSSR count). The lowest BCUT2D eigenvalue weighted by Gasteiger charge is -2.11. The summed E-state index contributed by atoms with van der Waals surface area (Å²) >= 11 is 0.928. The molecule has 1 fully saturated rings. The molecule has 33 heavy (non-hydrogen) atoms. The number of aromatic nitrogens is 6. The minimum Gasteiger partial charge on any atom is -0.280 e. The van der Waals surface area contributed by atoms with Crippen LogP contribution in [0.3, 0.4) is 0 Å². The number of rotatable bonds is 7. The van der Waals surface area contributed by atoms with Gasteiger partial charge in [0.15, 0.2) is 0 Å². The largest absolute Gasteiger partial charge is 0.332 e. The van der Waals surface area contributed by atoms with Gasteiger partial charge in [0.2, 0.25) is 0 Å². The first kappa shape index (κ1) is 21.8. The molecule has 1 saturated carbocycles. The predicted octanol–water partition coefficient (Wildman–Crippen LogP) is 0.619. The van der Waals surface area contributed by atoms with E-state index in [-0.39, 0.29) is 22.7 Å². The van der Waals surface area contributed by atoms with E-state index in [0.717, 1.165) is 34.3 Å². The van der Waals surface area contributed by atoms with Crippen molar-refractivity contribution in [2.75, 3.05) is 0 Å². The predicted molar refractivity (Wildman–Crippen MR) is 123 cm³/mol. The van der Waals surface area contributed by atoms with Gasteiger partial charge in [0, 0.05) is 43.2 Å². The molecule has 0 saturated heterocycles. The van der Waals surface area contributed by atoms with Gasteiger partial charge in [-0.1, -0.05) is 0 Å². The molecule has 1 aliphatic rings. The van der Waals surface area contributed by atoms with E-state index < -0.39 is 26.8 Å². The van der Waals surface area contributed by atoms with E-state index in [1.54, 1.807) is 48.2 Å². The highest BCUT2D eigenvalue weighted by molar-refractivity contribution is 7.91. The van der Waals surface area contributed by atoms with Crippen molar-refractivity contribution in [2.24, 2.45) is 14.1 Å². The Bertz CT molecular complexity index is 1600. The number of fused-ring (bicyclic) bond motifs is 1. The Morgan fingerprint density at radius 1 is 1.03 bits per heavy atom. The molecule has 1 aliphatic carbocycles. The topological polar surface area (TPSA) is 126 Å². The average molecular weight is 490 g/mol. The Balaban J connectivity index is 1.69. The van der Waals surface area contributed by atoms with Crippen LogP contribution in [0.25, 0.3) is 10.2 Å². The van der Waals surface area contributed by atoms with Crippen LogP contribution in [-0.4, -0.2) is 42.7 Å². The fraction of sp³-hybridized carbons (Fsp3) is 0.400. The van der Waals surface area contributed by atoms with Crippen LogP contribution in [0.2, 0.25) is 0 Å². The number of thiophene rings is 1. The molecule has 0 radical (unpaired) electrons. The first-order valence-electron chi connectivity index (χ1n) is 10.3. The van der Waals surface area contributed by atoms with E-state index in [2.05, 4.69) is 14.9 Å². The third-order valence-electron chi connectivity index (χ3n) is 5.72. The molecular formula is C20H23N7O4S2. The second-order valence-corrected chi connectivity index (χ2v) is 11.7. The number of sulfonamides is 1. The highest BCUT2D eigenvalue weighted by Gasteiger charge is 2.41. The van der Waals surface area contributed by atoms with Crippen molar-refractivity contribution >= 4 is 31.6 Å². The minimum atomic E-state index is -3.83. The van der Waals surface area contributed by atoms with E-state index in [1.807, 2.05) is 6.92 Å². The van der Waals surface area contributed by atoms with Crippen LogP contribution in [0.4, 0.5) is 0 Å². The summed E-state index contributed by atoms with van der Waals surface area (Å²) < 4.78 is 34.5. The molecule has 4 heterocycles. The monoisotopic (exact) mass is 489 g/mol. The molecule has 0 atom stereocenters. The third kappa shape index (κ3) is 4.07. The van der Waals surface area contributed by atoms with Crippen LogP contribution in [0.1, 0.15) is 30.9 Å². The summed E-state index contributed by atoms with van der Waals surface area (Å²) in [6.45, 7) is 2.03. The van der Waals surface area contributed by atoms with Crippen LogP contribution in [0, 0.1) is 0 Å². The second kappa shape index (κ2) is 7.50. The molecule has 0 aromatic carbocycles. The van der Waals surface area contributed by atoms with Crippen molar-refractivity contribution < 1.29 is 8.42 Å². The number of hydrogen-bond acceptors (Lipinski definition) is 7. The van der Waals surface area contributed by atoms with Gasteiger partial charge in [-0.15, -0.1) is 11.3 Å². The Morgan fingerprint density at radius 3 is 2.12 bits per heavy atom. The smallest absolute Gasteiger partial charge is 0.280 e. The molecular weight excluding hydrogens is 466 g/mol. The lowest BCUT2D eigenvalue weighted by molar-refractivity contribution is 0.560. The maximum absolute atomic E-state index is 13.4. The zero-order valence-electron chi connectivity index (χ0n) is 18.3. The molecule has 4 aromatic rings. The van der Waals surface area contributed by atoms with Gasteiger partial charge in [-0.25, -0.2) is 17.9 Å². The lowest BCUT2D eigenvalue weighted by atomic mass is 10.3. The van der Waals surface area contributed by atoms with E-state index >= 15 is 0 Å². The molecule has 13 heteroatoms. The van der Waals surface area contributed by atoms with Crippen molar-refractivity contribution in [3.8, 4) is 0 Å². The van der Waals surface area contributed by atoms with Crippen LogP contribution in [0.15, 0.2) is 44.7 Å². The summed E-state index contributed by atoms with van der Waals surface area (Å²) in [6.07, 6.45) is 8.25. The standard InChI is InChI=1S/C20H23N7O4S2/c1-20(4-5-20)23-33(30,31)16-6-15-17(28)26(11-13-7-21-24(2)9-13)19(29)27(18(15)32-16)12-14-8-22-25(3)10-14/h6-10,23H,4-5,11-12H2,1-3H3. The fourth-order valence-electron chi connectivity index (χ4n) is 3.73. The Hall–Kier alpha value is -3.03. The van der Waals surface area contributed by atoms with E-state index in [0.29, 0.717) is 10.4 Å². The molecule has 1 N–H and O–H groups in total. The number of hydrogen-bond donors (Lipinski definition) is 1. The summed E-state index contributed by atoms with van der Waals surface area (Å²) in [6, 6.07) is 1.37. The van der Waals surface area contributed by atoms with Crippen molar-refractivity contribution in [1.29, 1.82) is 0 Å². The normalized spacial score (nSPS) is 15.4. The van der Waals surface area contributed by atoms with Crippen LogP contribution >= 0.6 is 11.3 Å². The molecule has 0 aliphatic heterocycles. The third-order valence-corrected chi connectivity index (χ3v) is 8.99. The average Bonchev–Trinajstić information content (AvgIpc) is 3.12. The lowest BCUT2D eigenvalue weighted by Crippen LogP contribution is -2.40. The summed E-state index contributed by atoms with van der Waals surface area (Å²) in [7, 11) is -0.307. The highest BCUT2D eigenvalue weighted by Crippen LogP contribution is 2.37. The number of nitrogens with zero attached hydrogens (tertiary/aromatic N) is 6. The van der Waals surface area contributed by atoms with Crippen molar-refractivity contribution in [3.05, 3.63) is 62.8 Å². The molecule has 11 nitrogen and oxygen atoms in total. The highest BCUT2D eigenvalue weighted by atomic mass is 32.2. The first-order valence-corrected chi connectivity index (χ1v) is 12.6.